The van der Waals surface area contributed by atoms with Crippen molar-refractivity contribution in [2.45, 2.75) is 39.3 Å². The lowest BCUT2D eigenvalue weighted by molar-refractivity contribution is -0.120. The van der Waals surface area contributed by atoms with E-state index in [1.807, 2.05) is 24.8 Å². The molecule has 3 N–H and O–H groups in total. The highest BCUT2D eigenvalue weighted by atomic mass is 19.1. The van der Waals surface area contributed by atoms with E-state index in [1.54, 1.807) is 24.3 Å². The molecule has 2 amide bonds. The van der Waals surface area contributed by atoms with Crippen LogP contribution in [-0.4, -0.2) is 42.7 Å². The molecule has 0 atom stereocenters. The maximum atomic E-state index is 14.5. The third-order valence-corrected chi connectivity index (χ3v) is 5.49. The Balaban J connectivity index is 1.48. The van der Waals surface area contributed by atoms with Gasteiger partial charge in [-0.15, -0.1) is 0 Å². The summed E-state index contributed by atoms with van der Waals surface area (Å²) in [6.45, 7) is 5.16. The summed E-state index contributed by atoms with van der Waals surface area (Å²) in [4.78, 5) is 26.2. The average Bonchev–Trinajstić information content (AvgIpc) is 2.73. The number of hydrogen-bond acceptors (Lipinski definition) is 4. The van der Waals surface area contributed by atoms with E-state index < -0.39 is 0 Å². The lowest BCUT2D eigenvalue weighted by Gasteiger charge is -2.31. The largest absolute Gasteiger partial charge is 0.393 e. The van der Waals surface area contributed by atoms with Crippen LogP contribution < -0.4 is 15.5 Å². The summed E-state index contributed by atoms with van der Waals surface area (Å²) in [6.07, 6.45) is 0.949. The molecule has 6 nitrogen and oxygen atoms in total. The minimum absolute atomic E-state index is 0.150. The van der Waals surface area contributed by atoms with Gasteiger partial charge in [0.05, 0.1) is 18.3 Å². The summed E-state index contributed by atoms with van der Waals surface area (Å²) in [5.41, 5.74) is 3.77. The lowest BCUT2D eigenvalue weighted by atomic mass is 10.1. The van der Waals surface area contributed by atoms with Crippen molar-refractivity contribution in [1.29, 1.82) is 0 Å². The van der Waals surface area contributed by atoms with E-state index in [-0.39, 0.29) is 36.8 Å². The summed E-state index contributed by atoms with van der Waals surface area (Å²) in [5, 5.41) is 14.9. The Kier molecular flexibility index (Phi) is 7.05. The van der Waals surface area contributed by atoms with Crippen molar-refractivity contribution in [3.8, 4) is 0 Å². The molecule has 0 aromatic heterocycles. The third kappa shape index (κ3) is 5.57. The number of carbonyl (C=O) groups excluding carboxylic acids is 2. The van der Waals surface area contributed by atoms with Crippen LogP contribution in [0, 0.1) is 19.7 Å². The first kappa shape index (κ1) is 21.8. The molecular weight excluding hydrogens is 385 g/mol. The monoisotopic (exact) mass is 413 g/mol. The third-order valence-electron chi connectivity index (χ3n) is 5.49. The molecule has 0 saturated carbocycles. The Morgan fingerprint density at radius 1 is 1.07 bits per heavy atom. The molecule has 2 aromatic carbocycles. The number of carbonyl (C=O) groups is 2. The molecule has 1 aliphatic heterocycles. The zero-order chi connectivity index (χ0) is 21.7. The highest BCUT2D eigenvalue weighted by Gasteiger charge is 2.19. The van der Waals surface area contributed by atoms with Crippen LogP contribution in [0.3, 0.4) is 0 Å². The normalized spacial score (nSPS) is 14.5. The van der Waals surface area contributed by atoms with Crippen molar-refractivity contribution in [3.63, 3.8) is 0 Å². The maximum Gasteiger partial charge on any atom is 0.251 e. The standard InChI is InChI=1S/C23H28FN3O3/c1-15-3-5-18(11-16(15)2)23(30)26-14-22(29)25-13-17-4-6-21(20(24)12-17)27-9-7-19(28)8-10-27/h3-6,11-12,19,28H,7-10,13-14H2,1-2H3,(H,25,29)(H,26,30). The fraction of sp³-hybridized carbons (Fsp3) is 0.391. The maximum absolute atomic E-state index is 14.5. The first-order chi connectivity index (χ1) is 14.3. The number of rotatable bonds is 6. The fourth-order valence-corrected chi connectivity index (χ4v) is 3.43. The zero-order valence-electron chi connectivity index (χ0n) is 17.4. The van der Waals surface area contributed by atoms with Crippen molar-refractivity contribution in [2.75, 3.05) is 24.5 Å². The molecule has 0 aliphatic carbocycles. The van der Waals surface area contributed by atoms with Crippen molar-refractivity contribution in [2.24, 2.45) is 0 Å². The number of halogens is 1. The quantitative estimate of drug-likeness (QED) is 0.680. The van der Waals surface area contributed by atoms with Crippen LogP contribution >= 0.6 is 0 Å². The second kappa shape index (κ2) is 9.71. The number of anilines is 1. The molecule has 1 aliphatic rings. The lowest BCUT2D eigenvalue weighted by Crippen LogP contribution is -2.37. The molecule has 2 aromatic rings. The topological polar surface area (TPSA) is 81.7 Å². The number of benzene rings is 2. The summed E-state index contributed by atoms with van der Waals surface area (Å²) in [7, 11) is 0. The number of aliphatic hydroxyl groups excluding tert-OH is 1. The van der Waals surface area contributed by atoms with Crippen molar-refractivity contribution < 1.29 is 19.1 Å². The molecule has 3 rings (SSSR count). The van der Waals surface area contributed by atoms with Gasteiger partial charge in [0.1, 0.15) is 5.82 Å². The minimum Gasteiger partial charge on any atom is -0.393 e. The Morgan fingerprint density at radius 2 is 1.80 bits per heavy atom. The van der Waals surface area contributed by atoms with Gasteiger partial charge in [-0.1, -0.05) is 12.1 Å². The Hall–Kier alpha value is -2.93. The van der Waals surface area contributed by atoms with E-state index >= 15 is 0 Å². The zero-order valence-corrected chi connectivity index (χ0v) is 17.4. The van der Waals surface area contributed by atoms with Gasteiger partial charge in [-0.3, -0.25) is 9.59 Å². The summed E-state index contributed by atoms with van der Waals surface area (Å²) >= 11 is 0. The smallest absolute Gasteiger partial charge is 0.251 e. The van der Waals surface area contributed by atoms with Gasteiger partial charge < -0.3 is 20.6 Å². The molecule has 1 fully saturated rings. The Labute approximate surface area is 176 Å². The van der Waals surface area contributed by atoms with Gasteiger partial charge in [-0.2, -0.15) is 0 Å². The van der Waals surface area contributed by atoms with Gasteiger partial charge in [0, 0.05) is 25.2 Å². The van der Waals surface area contributed by atoms with Gasteiger partial charge in [-0.25, -0.2) is 4.39 Å². The highest BCUT2D eigenvalue weighted by molar-refractivity contribution is 5.96. The second-order valence-corrected chi connectivity index (χ2v) is 7.76. The van der Waals surface area contributed by atoms with Crippen LogP contribution in [0.4, 0.5) is 10.1 Å². The van der Waals surface area contributed by atoms with Crippen LogP contribution in [0.15, 0.2) is 36.4 Å². The average molecular weight is 413 g/mol. The second-order valence-electron chi connectivity index (χ2n) is 7.76. The molecule has 7 heteroatoms. The molecule has 0 bridgehead atoms. The molecule has 0 spiro atoms. The van der Waals surface area contributed by atoms with Gasteiger partial charge in [0.2, 0.25) is 5.91 Å². The number of nitrogens with zero attached hydrogens (tertiary/aromatic N) is 1. The number of nitrogens with one attached hydrogen (secondary N) is 2. The molecule has 0 radical (unpaired) electrons. The van der Waals surface area contributed by atoms with E-state index in [1.165, 1.54) is 6.07 Å². The van der Waals surface area contributed by atoms with Crippen molar-refractivity contribution in [1.82, 2.24) is 10.6 Å². The van der Waals surface area contributed by atoms with Crippen LogP contribution in [0.2, 0.25) is 0 Å². The fourth-order valence-electron chi connectivity index (χ4n) is 3.43. The van der Waals surface area contributed by atoms with Crippen LogP contribution in [0.1, 0.15) is 39.9 Å². The number of aryl methyl sites for hydroxylation is 2. The molecule has 160 valence electrons. The van der Waals surface area contributed by atoms with Crippen LogP contribution in [0.5, 0.6) is 0 Å². The van der Waals surface area contributed by atoms with E-state index in [0.29, 0.717) is 42.7 Å². The SMILES string of the molecule is Cc1ccc(C(=O)NCC(=O)NCc2ccc(N3CCC(O)CC3)c(F)c2)cc1C. The molecule has 0 unspecified atom stereocenters. The predicted molar refractivity (Wildman–Crippen MR) is 114 cm³/mol. The van der Waals surface area contributed by atoms with Gasteiger partial charge in [0.25, 0.3) is 5.91 Å². The van der Waals surface area contributed by atoms with Crippen LogP contribution in [0.25, 0.3) is 0 Å². The van der Waals surface area contributed by atoms with Crippen LogP contribution in [-0.2, 0) is 11.3 Å². The molecule has 1 heterocycles. The molecule has 1 saturated heterocycles. The van der Waals surface area contributed by atoms with Crippen molar-refractivity contribution in [3.05, 3.63) is 64.5 Å². The number of amides is 2. The number of aliphatic hydroxyl groups is 1. The van der Waals surface area contributed by atoms with E-state index in [9.17, 15) is 19.1 Å². The van der Waals surface area contributed by atoms with E-state index in [4.69, 9.17) is 0 Å². The van der Waals surface area contributed by atoms with E-state index in [2.05, 4.69) is 10.6 Å². The number of piperidine rings is 1. The van der Waals surface area contributed by atoms with Gasteiger partial charge in [0.15, 0.2) is 0 Å². The van der Waals surface area contributed by atoms with Crippen molar-refractivity contribution >= 4 is 17.5 Å². The van der Waals surface area contributed by atoms with E-state index in [0.717, 1.165) is 11.1 Å². The van der Waals surface area contributed by atoms with Gasteiger partial charge in [-0.05, 0) is 67.6 Å². The summed E-state index contributed by atoms with van der Waals surface area (Å²) in [6, 6.07) is 10.3. The van der Waals surface area contributed by atoms with Gasteiger partial charge >= 0.3 is 0 Å². The first-order valence-electron chi connectivity index (χ1n) is 10.2. The summed E-state index contributed by atoms with van der Waals surface area (Å²) in [5.74, 6) is -1.00. The predicted octanol–water partition coefficient (Wildman–Crippen LogP) is 2.45. The minimum atomic E-state index is -0.346. The Morgan fingerprint density at radius 3 is 2.47 bits per heavy atom. The highest BCUT2D eigenvalue weighted by Crippen LogP contribution is 2.24. The Bertz CT molecular complexity index is 924. The molecule has 30 heavy (non-hydrogen) atoms. The number of hydrogen-bond donors (Lipinski definition) is 3. The summed E-state index contributed by atoms with van der Waals surface area (Å²) < 4.78 is 14.5. The molecular formula is C23H28FN3O3. The first-order valence-corrected chi connectivity index (χ1v) is 10.2.